The lowest BCUT2D eigenvalue weighted by Gasteiger charge is -2.35. The molecule has 0 spiro atoms. The van der Waals surface area contributed by atoms with Gasteiger partial charge in [-0.2, -0.15) is 17.0 Å². The van der Waals surface area contributed by atoms with Crippen LogP contribution >= 0.6 is 11.6 Å². The molecule has 1 aliphatic heterocycles. The van der Waals surface area contributed by atoms with Gasteiger partial charge in [0.25, 0.3) is 10.2 Å². The molecule has 146 valence electrons. The number of hydrogen-bond donors (Lipinski definition) is 0. The number of rotatable bonds is 6. The van der Waals surface area contributed by atoms with Crippen LogP contribution in [0.2, 0.25) is 5.02 Å². The summed E-state index contributed by atoms with van der Waals surface area (Å²) < 4.78 is 34.5. The monoisotopic (exact) mass is 410 g/mol. The van der Waals surface area contributed by atoms with E-state index in [0.717, 1.165) is 5.56 Å². The molecule has 9 heteroatoms. The summed E-state index contributed by atoms with van der Waals surface area (Å²) in [7, 11) is -3.53. The van der Waals surface area contributed by atoms with Crippen molar-refractivity contribution < 1.29 is 13.2 Å². The maximum Gasteiger partial charge on any atom is 0.282 e. The Labute approximate surface area is 165 Å². The van der Waals surface area contributed by atoms with Crippen LogP contribution < -0.4 is 0 Å². The van der Waals surface area contributed by atoms with Crippen LogP contribution in [0.4, 0.5) is 0 Å². The molecule has 1 aliphatic rings. The molecule has 1 aromatic carbocycles. The second-order valence-corrected chi connectivity index (χ2v) is 8.47. The molecule has 0 aliphatic carbocycles. The fraction of sp³-hybridized carbons (Fsp3) is 0.444. The fourth-order valence-electron chi connectivity index (χ4n) is 3.16. The third kappa shape index (κ3) is 4.30. The van der Waals surface area contributed by atoms with Gasteiger partial charge >= 0.3 is 0 Å². The number of hydrogen-bond acceptors (Lipinski definition) is 5. The van der Waals surface area contributed by atoms with Crippen LogP contribution in [0.3, 0.4) is 0 Å². The molecule has 1 aromatic heterocycles. The lowest BCUT2D eigenvalue weighted by molar-refractivity contribution is -0.00642. The van der Waals surface area contributed by atoms with E-state index in [1.54, 1.807) is 18.5 Å². The minimum atomic E-state index is -3.53. The molecular formula is C18H23ClN4O3S. The second-order valence-electron chi connectivity index (χ2n) is 6.11. The number of benzene rings is 1. The number of nitrogens with zero attached hydrogens (tertiary/aromatic N) is 4. The van der Waals surface area contributed by atoms with E-state index in [-0.39, 0.29) is 6.54 Å². The molecular weight excluding hydrogens is 388 g/mol. The summed E-state index contributed by atoms with van der Waals surface area (Å²) in [5.41, 5.74) is 2.07. The van der Waals surface area contributed by atoms with Crippen LogP contribution in [0, 0.1) is 0 Å². The molecule has 3 rings (SSSR count). The maximum atomic E-state index is 12.9. The highest BCUT2D eigenvalue weighted by Crippen LogP contribution is 2.31. The minimum absolute atomic E-state index is 0.199. The number of halogens is 1. The van der Waals surface area contributed by atoms with Crippen molar-refractivity contribution in [3.05, 3.63) is 47.4 Å². The van der Waals surface area contributed by atoms with E-state index < -0.39 is 16.3 Å². The van der Waals surface area contributed by atoms with Crippen molar-refractivity contribution in [2.45, 2.75) is 20.0 Å². The predicted octanol–water partition coefficient (Wildman–Crippen LogP) is 2.76. The molecule has 27 heavy (non-hydrogen) atoms. The van der Waals surface area contributed by atoms with Gasteiger partial charge in [-0.15, -0.1) is 0 Å². The van der Waals surface area contributed by atoms with Crippen LogP contribution in [-0.2, 0) is 14.9 Å². The summed E-state index contributed by atoms with van der Waals surface area (Å²) >= 11 is 6.11. The first-order chi connectivity index (χ1) is 13.0. The van der Waals surface area contributed by atoms with E-state index in [9.17, 15) is 8.42 Å². The van der Waals surface area contributed by atoms with Gasteiger partial charge in [-0.1, -0.05) is 37.6 Å². The molecule has 0 N–H and O–H groups in total. The van der Waals surface area contributed by atoms with Crippen molar-refractivity contribution in [3.63, 3.8) is 0 Å². The van der Waals surface area contributed by atoms with Crippen LogP contribution in [-0.4, -0.2) is 59.8 Å². The first-order valence-corrected chi connectivity index (χ1v) is 10.7. The van der Waals surface area contributed by atoms with Gasteiger partial charge in [0.2, 0.25) is 0 Å². The Kier molecular flexibility index (Phi) is 6.44. The third-order valence-electron chi connectivity index (χ3n) is 4.52. The Morgan fingerprint density at radius 1 is 1.26 bits per heavy atom. The smallest absolute Gasteiger partial charge is 0.282 e. The van der Waals surface area contributed by atoms with Crippen LogP contribution in [0.5, 0.6) is 0 Å². The van der Waals surface area contributed by atoms with Gasteiger partial charge in [0.05, 0.1) is 18.0 Å². The summed E-state index contributed by atoms with van der Waals surface area (Å²) in [6, 6.07) is 7.33. The first kappa shape index (κ1) is 20.2. The highest BCUT2D eigenvalue weighted by atomic mass is 35.5. The molecule has 0 bridgehead atoms. The van der Waals surface area contributed by atoms with E-state index in [4.69, 9.17) is 16.3 Å². The van der Waals surface area contributed by atoms with Crippen LogP contribution in [0.15, 0.2) is 36.7 Å². The Morgan fingerprint density at radius 3 is 2.70 bits per heavy atom. The van der Waals surface area contributed by atoms with Crippen molar-refractivity contribution in [2.75, 3.05) is 32.8 Å². The molecule has 0 amide bonds. The van der Waals surface area contributed by atoms with Gasteiger partial charge in [-0.25, -0.2) is 0 Å². The van der Waals surface area contributed by atoms with Gasteiger partial charge in [-0.05, 0) is 12.1 Å². The van der Waals surface area contributed by atoms with E-state index in [1.165, 1.54) is 8.61 Å². The van der Waals surface area contributed by atoms with Gasteiger partial charge in [0.1, 0.15) is 6.10 Å². The maximum absolute atomic E-state index is 12.9. The summed E-state index contributed by atoms with van der Waals surface area (Å²) in [5, 5.41) is 0.597. The molecule has 2 aromatic rings. The van der Waals surface area contributed by atoms with Gasteiger partial charge in [0.15, 0.2) is 0 Å². The van der Waals surface area contributed by atoms with E-state index >= 15 is 0 Å². The summed E-state index contributed by atoms with van der Waals surface area (Å²) in [6.07, 6.45) is 2.70. The average molecular weight is 411 g/mol. The van der Waals surface area contributed by atoms with Crippen molar-refractivity contribution in [2.24, 2.45) is 0 Å². The number of morpholine rings is 1. The highest BCUT2D eigenvalue weighted by Gasteiger charge is 2.35. The van der Waals surface area contributed by atoms with Gasteiger partial charge in [-0.3, -0.25) is 9.97 Å². The molecule has 1 atom stereocenters. The van der Waals surface area contributed by atoms with Gasteiger partial charge in [0, 0.05) is 49.2 Å². The molecule has 2 heterocycles. The zero-order valence-electron chi connectivity index (χ0n) is 15.4. The van der Waals surface area contributed by atoms with Gasteiger partial charge < -0.3 is 4.74 Å². The number of ether oxygens (including phenoxy) is 1. The van der Waals surface area contributed by atoms with Crippen molar-refractivity contribution >= 4 is 21.8 Å². The number of aromatic nitrogens is 2. The lowest BCUT2D eigenvalue weighted by atomic mass is 10.1. The second kappa shape index (κ2) is 8.62. The molecule has 0 saturated carbocycles. The van der Waals surface area contributed by atoms with E-state index in [0.29, 0.717) is 42.7 Å². The Morgan fingerprint density at radius 2 is 2.00 bits per heavy atom. The first-order valence-electron chi connectivity index (χ1n) is 8.91. The topological polar surface area (TPSA) is 75.6 Å². The summed E-state index contributed by atoms with van der Waals surface area (Å²) in [6.45, 7) is 5.35. The summed E-state index contributed by atoms with van der Waals surface area (Å²) in [5.74, 6) is 0. The van der Waals surface area contributed by atoms with Crippen molar-refractivity contribution in [1.82, 2.24) is 18.6 Å². The van der Waals surface area contributed by atoms with Crippen molar-refractivity contribution in [3.8, 4) is 11.3 Å². The zero-order valence-corrected chi connectivity index (χ0v) is 16.9. The Hall–Kier alpha value is -1.58. The predicted molar refractivity (Wildman–Crippen MR) is 105 cm³/mol. The standard InChI is InChI=1S/C18H23ClN4O3S/c1-3-22(4-2)27(24,25)23-10-11-26-16(13-23)18-17(20-8-9-21-18)14-6-5-7-15(19)12-14/h5-9,12,16H,3-4,10-11,13H2,1-2H3/t16-/m1/s1. The normalized spacial score (nSPS) is 18.7. The SMILES string of the molecule is CCN(CC)S(=O)(=O)N1CCO[C@@H](c2nccnc2-c2cccc(Cl)c2)C1. The fourth-order valence-corrected chi connectivity index (χ4v) is 4.95. The Balaban J connectivity index is 1.92. The van der Waals surface area contributed by atoms with Crippen molar-refractivity contribution in [1.29, 1.82) is 0 Å². The minimum Gasteiger partial charge on any atom is -0.369 e. The largest absolute Gasteiger partial charge is 0.369 e. The molecule has 7 nitrogen and oxygen atoms in total. The molecule has 0 radical (unpaired) electrons. The quantitative estimate of drug-likeness (QED) is 0.731. The Bertz CT molecular complexity index is 890. The molecule has 1 fully saturated rings. The molecule has 1 saturated heterocycles. The lowest BCUT2D eigenvalue weighted by Crippen LogP contribution is -2.49. The average Bonchev–Trinajstić information content (AvgIpc) is 2.69. The van der Waals surface area contributed by atoms with E-state index in [1.807, 2.05) is 32.0 Å². The highest BCUT2D eigenvalue weighted by molar-refractivity contribution is 7.86. The third-order valence-corrected chi connectivity index (χ3v) is 6.91. The van der Waals surface area contributed by atoms with E-state index in [2.05, 4.69) is 9.97 Å². The van der Waals surface area contributed by atoms with Crippen LogP contribution in [0.25, 0.3) is 11.3 Å². The zero-order chi connectivity index (χ0) is 19.4. The van der Waals surface area contributed by atoms with Crippen LogP contribution in [0.1, 0.15) is 25.6 Å². The summed E-state index contributed by atoms with van der Waals surface area (Å²) in [4.78, 5) is 8.88. The molecule has 0 unspecified atom stereocenters.